The van der Waals surface area contributed by atoms with Crippen LogP contribution < -0.4 is 0 Å². The van der Waals surface area contributed by atoms with Gasteiger partial charge in [-0.1, -0.05) is 24.3 Å². The molecule has 1 aromatic carbocycles. The van der Waals surface area contributed by atoms with Gasteiger partial charge in [0.2, 0.25) is 5.91 Å². The molecule has 5 heteroatoms. The molecule has 132 valence electrons. The summed E-state index contributed by atoms with van der Waals surface area (Å²) < 4.78 is 5.07. The second-order valence-electron chi connectivity index (χ2n) is 6.67. The standard InChI is InChI=1S/C19H27NO4/c1-15-6-3-4-7-16(15)8-9-17(21)20-12-5-10-19(14-20,18(22)23)11-13-24-2/h3-4,6-7H,5,8-14H2,1-2H3,(H,22,23). The number of likely N-dealkylation sites (tertiary alicyclic amines) is 1. The molecule has 1 saturated heterocycles. The lowest BCUT2D eigenvalue weighted by atomic mass is 9.77. The first-order valence-corrected chi connectivity index (χ1v) is 8.53. The van der Waals surface area contributed by atoms with Gasteiger partial charge in [0.25, 0.3) is 0 Å². The number of carbonyl (C=O) groups excluding carboxylic acids is 1. The lowest BCUT2D eigenvalue weighted by Gasteiger charge is -2.40. The first-order chi connectivity index (χ1) is 11.5. The molecule has 1 aliphatic rings. The highest BCUT2D eigenvalue weighted by Gasteiger charge is 2.43. The number of hydrogen-bond donors (Lipinski definition) is 1. The van der Waals surface area contributed by atoms with Gasteiger partial charge in [0.1, 0.15) is 0 Å². The molecule has 1 aliphatic heterocycles. The van der Waals surface area contributed by atoms with E-state index in [0.717, 1.165) is 6.42 Å². The molecule has 0 aromatic heterocycles. The van der Waals surface area contributed by atoms with Crippen LogP contribution in [0.2, 0.25) is 0 Å². The summed E-state index contributed by atoms with van der Waals surface area (Å²) in [5.41, 5.74) is 1.49. The van der Waals surface area contributed by atoms with Crippen LogP contribution in [-0.2, 0) is 20.7 Å². The van der Waals surface area contributed by atoms with Gasteiger partial charge < -0.3 is 14.7 Å². The third-order valence-corrected chi connectivity index (χ3v) is 5.04. The monoisotopic (exact) mass is 333 g/mol. The Morgan fingerprint density at radius 3 is 2.75 bits per heavy atom. The number of ether oxygens (including phenoxy) is 1. The molecule has 0 saturated carbocycles. The van der Waals surface area contributed by atoms with Gasteiger partial charge in [-0.2, -0.15) is 0 Å². The number of nitrogens with zero attached hydrogens (tertiary/aromatic N) is 1. The molecule has 1 amide bonds. The summed E-state index contributed by atoms with van der Waals surface area (Å²) in [5, 5.41) is 9.67. The number of carbonyl (C=O) groups is 2. The predicted octanol–water partition coefficient (Wildman–Crippen LogP) is 2.66. The summed E-state index contributed by atoms with van der Waals surface area (Å²) in [6, 6.07) is 8.05. The molecule has 5 nitrogen and oxygen atoms in total. The molecular weight excluding hydrogens is 306 g/mol. The van der Waals surface area contributed by atoms with Crippen molar-refractivity contribution in [2.24, 2.45) is 5.41 Å². The Morgan fingerprint density at radius 1 is 1.33 bits per heavy atom. The second kappa shape index (κ2) is 8.29. The van der Waals surface area contributed by atoms with Crippen molar-refractivity contribution in [3.05, 3.63) is 35.4 Å². The van der Waals surface area contributed by atoms with E-state index in [0.29, 0.717) is 38.8 Å². The van der Waals surface area contributed by atoms with E-state index in [1.165, 1.54) is 11.1 Å². The molecule has 2 rings (SSSR count). The summed E-state index contributed by atoms with van der Waals surface area (Å²) >= 11 is 0. The van der Waals surface area contributed by atoms with Crippen LogP contribution in [0.5, 0.6) is 0 Å². The van der Waals surface area contributed by atoms with Crippen molar-refractivity contribution < 1.29 is 19.4 Å². The predicted molar refractivity (Wildman–Crippen MR) is 91.9 cm³/mol. The molecule has 1 fully saturated rings. The quantitative estimate of drug-likeness (QED) is 0.833. The van der Waals surface area contributed by atoms with Crippen molar-refractivity contribution in [3.8, 4) is 0 Å². The van der Waals surface area contributed by atoms with Crippen molar-refractivity contribution in [1.82, 2.24) is 4.90 Å². The van der Waals surface area contributed by atoms with E-state index in [1.54, 1.807) is 12.0 Å². The van der Waals surface area contributed by atoms with Gasteiger partial charge in [0, 0.05) is 33.2 Å². The molecule has 0 radical (unpaired) electrons. The van der Waals surface area contributed by atoms with Gasteiger partial charge >= 0.3 is 5.97 Å². The highest BCUT2D eigenvalue weighted by atomic mass is 16.5. The molecule has 0 bridgehead atoms. The number of methoxy groups -OCH3 is 1. The number of hydrogen-bond acceptors (Lipinski definition) is 3. The van der Waals surface area contributed by atoms with E-state index in [2.05, 4.69) is 0 Å². The maximum Gasteiger partial charge on any atom is 0.311 e. The average molecular weight is 333 g/mol. The fraction of sp³-hybridized carbons (Fsp3) is 0.579. The van der Waals surface area contributed by atoms with Crippen LogP contribution in [0.25, 0.3) is 0 Å². The first kappa shape index (κ1) is 18.5. The molecular formula is C19H27NO4. The highest BCUT2D eigenvalue weighted by Crippen LogP contribution is 2.34. The van der Waals surface area contributed by atoms with Crippen LogP contribution in [0.15, 0.2) is 24.3 Å². The number of benzene rings is 1. The Labute approximate surface area is 143 Å². The van der Waals surface area contributed by atoms with E-state index in [4.69, 9.17) is 4.74 Å². The van der Waals surface area contributed by atoms with E-state index in [-0.39, 0.29) is 12.5 Å². The Morgan fingerprint density at radius 2 is 2.08 bits per heavy atom. The molecule has 1 heterocycles. The van der Waals surface area contributed by atoms with Crippen molar-refractivity contribution in [2.75, 3.05) is 26.8 Å². The minimum Gasteiger partial charge on any atom is -0.481 e. The zero-order chi connectivity index (χ0) is 17.6. The topological polar surface area (TPSA) is 66.8 Å². The fourth-order valence-corrected chi connectivity index (χ4v) is 3.42. The van der Waals surface area contributed by atoms with Gasteiger partial charge in [0.15, 0.2) is 0 Å². The number of carboxylic acids is 1. The fourth-order valence-electron chi connectivity index (χ4n) is 3.42. The average Bonchev–Trinajstić information content (AvgIpc) is 2.59. The van der Waals surface area contributed by atoms with Crippen molar-refractivity contribution >= 4 is 11.9 Å². The maximum atomic E-state index is 12.6. The Hall–Kier alpha value is -1.88. The van der Waals surface area contributed by atoms with Crippen LogP contribution in [-0.4, -0.2) is 48.7 Å². The number of piperidine rings is 1. The highest BCUT2D eigenvalue weighted by molar-refractivity contribution is 5.80. The summed E-state index contributed by atoms with van der Waals surface area (Å²) in [7, 11) is 1.57. The molecule has 1 atom stereocenters. The van der Waals surface area contributed by atoms with E-state index < -0.39 is 11.4 Å². The minimum absolute atomic E-state index is 0.0426. The molecule has 0 spiro atoms. The van der Waals surface area contributed by atoms with Crippen LogP contribution in [0.3, 0.4) is 0 Å². The van der Waals surface area contributed by atoms with Gasteiger partial charge in [-0.25, -0.2) is 0 Å². The molecule has 1 aromatic rings. The number of rotatable bonds is 7. The first-order valence-electron chi connectivity index (χ1n) is 8.53. The Balaban J connectivity index is 1.98. The number of aliphatic carboxylic acids is 1. The van der Waals surface area contributed by atoms with Crippen molar-refractivity contribution in [3.63, 3.8) is 0 Å². The summed E-state index contributed by atoms with van der Waals surface area (Å²) in [4.78, 5) is 26.1. The van der Waals surface area contributed by atoms with E-state index >= 15 is 0 Å². The lowest BCUT2D eigenvalue weighted by molar-refractivity contribution is -0.156. The normalized spacial score (nSPS) is 20.8. The summed E-state index contributed by atoms with van der Waals surface area (Å²) in [6.45, 7) is 3.38. The summed E-state index contributed by atoms with van der Waals surface area (Å²) in [5.74, 6) is -0.781. The Bertz CT molecular complexity index is 586. The molecule has 24 heavy (non-hydrogen) atoms. The third kappa shape index (κ3) is 4.35. The molecule has 0 aliphatic carbocycles. The smallest absolute Gasteiger partial charge is 0.311 e. The SMILES string of the molecule is COCCC1(C(=O)O)CCCN(C(=O)CCc2ccccc2C)C1. The molecule has 1 unspecified atom stereocenters. The van der Waals surface area contributed by atoms with Crippen LogP contribution in [0.4, 0.5) is 0 Å². The number of carboxylic acid groups (broad SMARTS) is 1. The van der Waals surface area contributed by atoms with Crippen molar-refractivity contribution in [1.29, 1.82) is 0 Å². The second-order valence-corrected chi connectivity index (χ2v) is 6.67. The minimum atomic E-state index is -0.868. The zero-order valence-corrected chi connectivity index (χ0v) is 14.6. The largest absolute Gasteiger partial charge is 0.481 e. The van der Waals surface area contributed by atoms with E-state index in [9.17, 15) is 14.7 Å². The van der Waals surface area contributed by atoms with Crippen LogP contribution in [0, 0.1) is 12.3 Å². The van der Waals surface area contributed by atoms with E-state index in [1.807, 2.05) is 31.2 Å². The summed E-state index contributed by atoms with van der Waals surface area (Å²) in [6.07, 6.45) is 2.89. The Kier molecular flexibility index (Phi) is 6.37. The number of aryl methyl sites for hydroxylation is 2. The van der Waals surface area contributed by atoms with Crippen molar-refractivity contribution in [2.45, 2.75) is 39.0 Å². The van der Waals surface area contributed by atoms with Gasteiger partial charge in [-0.15, -0.1) is 0 Å². The van der Waals surface area contributed by atoms with Crippen LogP contribution in [0.1, 0.15) is 36.8 Å². The molecule has 1 N–H and O–H groups in total. The maximum absolute atomic E-state index is 12.6. The van der Waals surface area contributed by atoms with Gasteiger partial charge in [-0.05, 0) is 43.7 Å². The van der Waals surface area contributed by atoms with Gasteiger partial charge in [-0.3, -0.25) is 9.59 Å². The third-order valence-electron chi connectivity index (χ3n) is 5.04. The van der Waals surface area contributed by atoms with Crippen LogP contribution >= 0.6 is 0 Å². The lowest BCUT2D eigenvalue weighted by Crippen LogP contribution is -2.50. The van der Waals surface area contributed by atoms with Gasteiger partial charge in [0.05, 0.1) is 5.41 Å². The number of amides is 1. The zero-order valence-electron chi connectivity index (χ0n) is 14.6.